The van der Waals surface area contributed by atoms with E-state index in [4.69, 9.17) is 11.6 Å². The fourth-order valence-corrected chi connectivity index (χ4v) is 3.72. The van der Waals surface area contributed by atoms with E-state index in [1.54, 1.807) is 7.05 Å². The van der Waals surface area contributed by atoms with Crippen LogP contribution < -0.4 is 0 Å². The van der Waals surface area contributed by atoms with Crippen LogP contribution in [0.15, 0.2) is 47.7 Å². The molecule has 0 saturated heterocycles. The van der Waals surface area contributed by atoms with Crippen molar-refractivity contribution < 1.29 is 9.59 Å². The number of likely N-dealkylation sites (N-methyl/N-ethyl adjacent to an activating group) is 1. The van der Waals surface area contributed by atoms with Crippen molar-refractivity contribution in [3.63, 3.8) is 0 Å². The number of nitrogens with zero attached hydrogens (tertiary/aromatic N) is 4. The lowest BCUT2D eigenvalue weighted by Gasteiger charge is -2.25. The van der Waals surface area contributed by atoms with E-state index in [0.717, 1.165) is 29.8 Å². The number of rotatable bonds is 5. The first-order valence-electron chi connectivity index (χ1n) is 9.45. The molecule has 0 bridgehead atoms. The average Bonchev–Trinajstić information content (AvgIpc) is 3.29. The smallest absolute Gasteiger partial charge is 0.262 e. The number of benzene rings is 1. The molecular formula is C21H23ClN4O2. The highest BCUT2D eigenvalue weighted by molar-refractivity contribution is 6.30. The number of amides is 2. The lowest BCUT2D eigenvalue weighted by atomic mass is 10.0. The van der Waals surface area contributed by atoms with Gasteiger partial charge in [-0.1, -0.05) is 23.7 Å². The summed E-state index contributed by atoms with van der Waals surface area (Å²) in [5, 5.41) is 6.83. The summed E-state index contributed by atoms with van der Waals surface area (Å²) in [6.07, 6.45) is 4.42. The van der Waals surface area contributed by atoms with E-state index < -0.39 is 0 Å². The number of aromatic nitrogens is 1. The number of hydrogen-bond donors (Lipinski definition) is 0. The molecule has 4 rings (SSSR count). The highest BCUT2D eigenvalue weighted by Gasteiger charge is 2.36. The van der Waals surface area contributed by atoms with Crippen molar-refractivity contribution in [3.05, 3.63) is 58.9 Å². The van der Waals surface area contributed by atoms with Gasteiger partial charge in [-0.15, -0.1) is 0 Å². The molecule has 1 aliphatic carbocycles. The van der Waals surface area contributed by atoms with Gasteiger partial charge in [0.25, 0.3) is 5.91 Å². The molecule has 2 aromatic rings. The lowest BCUT2D eigenvalue weighted by molar-refractivity contribution is -0.141. The molecule has 1 aliphatic heterocycles. The molecule has 1 aromatic heterocycles. The van der Waals surface area contributed by atoms with Crippen LogP contribution in [-0.2, 0) is 16.6 Å². The molecule has 7 heteroatoms. The summed E-state index contributed by atoms with van der Waals surface area (Å²) in [6.45, 7) is 0.0311. The second-order valence-electron chi connectivity index (χ2n) is 7.53. The largest absolute Gasteiger partial charge is 0.350 e. The maximum Gasteiger partial charge on any atom is 0.262 e. The number of hydrazone groups is 1. The van der Waals surface area contributed by atoms with Crippen LogP contribution in [0.1, 0.15) is 36.6 Å². The summed E-state index contributed by atoms with van der Waals surface area (Å²) in [4.78, 5) is 26.8. The van der Waals surface area contributed by atoms with Crippen LogP contribution >= 0.6 is 11.6 Å². The Kier molecular flexibility index (Phi) is 4.98. The zero-order valence-corrected chi connectivity index (χ0v) is 16.8. The summed E-state index contributed by atoms with van der Waals surface area (Å²) in [7, 11) is 3.65. The fourth-order valence-electron chi connectivity index (χ4n) is 3.60. The summed E-state index contributed by atoms with van der Waals surface area (Å²) < 4.78 is 1.99. The normalized spacial score (nSPS) is 18.9. The van der Waals surface area contributed by atoms with Gasteiger partial charge in [0.15, 0.2) is 0 Å². The van der Waals surface area contributed by atoms with E-state index in [2.05, 4.69) is 5.10 Å². The van der Waals surface area contributed by atoms with Gasteiger partial charge in [0.2, 0.25) is 5.91 Å². The van der Waals surface area contributed by atoms with Gasteiger partial charge in [0.05, 0.1) is 17.4 Å². The molecular weight excluding hydrogens is 376 g/mol. The van der Waals surface area contributed by atoms with E-state index in [-0.39, 0.29) is 30.3 Å². The van der Waals surface area contributed by atoms with Gasteiger partial charge in [0, 0.05) is 37.7 Å². The summed E-state index contributed by atoms with van der Waals surface area (Å²) in [5.74, 6) is -0.0474. The quantitative estimate of drug-likeness (QED) is 0.776. The minimum Gasteiger partial charge on any atom is -0.350 e. The molecule has 2 aliphatic rings. The fraction of sp³-hybridized carbons (Fsp3) is 0.381. The molecule has 2 amide bonds. The van der Waals surface area contributed by atoms with Crippen LogP contribution in [0.25, 0.3) is 0 Å². The molecule has 6 nitrogen and oxygen atoms in total. The lowest BCUT2D eigenvalue weighted by Crippen LogP contribution is -2.39. The molecule has 1 atom stereocenters. The third-order valence-corrected chi connectivity index (χ3v) is 5.59. The van der Waals surface area contributed by atoms with Crippen molar-refractivity contribution in [2.45, 2.75) is 25.3 Å². The Bertz CT molecular complexity index is 930. The maximum atomic E-state index is 13.0. The topological polar surface area (TPSA) is 57.9 Å². The SMILES string of the molecule is CN(CC(=O)N1N=C(c2cccn2C)C[C@@H]1c1ccc(Cl)cc1)C(=O)C1CC1. The Balaban J connectivity index is 1.59. The third-order valence-electron chi connectivity index (χ3n) is 5.34. The predicted octanol–water partition coefficient (Wildman–Crippen LogP) is 3.22. The van der Waals surface area contributed by atoms with Crippen LogP contribution in [0.5, 0.6) is 0 Å². The number of hydrogen-bond acceptors (Lipinski definition) is 3. The van der Waals surface area contributed by atoms with Crippen LogP contribution in [0.2, 0.25) is 5.02 Å². The predicted molar refractivity (Wildman–Crippen MR) is 108 cm³/mol. The van der Waals surface area contributed by atoms with E-state index in [0.29, 0.717) is 11.4 Å². The van der Waals surface area contributed by atoms with Crippen molar-refractivity contribution in [1.29, 1.82) is 0 Å². The molecule has 0 unspecified atom stereocenters. The van der Waals surface area contributed by atoms with Gasteiger partial charge < -0.3 is 9.47 Å². The Morgan fingerprint density at radius 2 is 1.93 bits per heavy atom. The number of halogens is 1. The van der Waals surface area contributed by atoms with Gasteiger partial charge in [-0.3, -0.25) is 9.59 Å². The van der Waals surface area contributed by atoms with E-state index in [1.807, 2.05) is 54.2 Å². The summed E-state index contributed by atoms with van der Waals surface area (Å²) in [6, 6.07) is 11.2. The number of carbonyl (C=O) groups excluding carboxylic acids is 2. The second kappa shape index (κ2) is 7.43. The van der Waals surface area contributed by atoms with Crippen LogP contribution in [0.3, 0.4) is 0 Å². The monoisotopic (exact) mass is 398 g/mol. The second-order valence-corrected chi connectivity index (χ2v) is 7.97. The summed E-state index contributed by atoms with van der Waals surface area (Å²) >= 11 is 6.03. The van der Waals surface area contributed by atoms with Crippen molar-refractivity contribution in [2.24, 2.45) is 18.1 Å². The van der Waals surface area contributed by atoms with Crippen molar-refractivity contribution >= 4 is 29.1 Å². The first kappa shape index (κ1) is 18.7. The van der Waals surface area contributed by atoms with Gasteiger partial charge in [-0.05, 0) is 42.7 Å². The molecule has 0 N–H and O–H groups in total. The van der Waals surface area contributed by atoms with Crippen LogP contribution in [-0.4, -0.2) is 45.6 Å². The standard InChI is InChI=1S/C21H23ClN4O2/c1-24-11-3-4-18(24)17-12-19(14-7-9-16(22)10-8-14)26(23-17)20(27)13-25(2)21(28)15-5-6-15/h3-4,7-11,15,19H,5-6,12-13H2,1-2H3/t19-/m1/s1. The number of aryl methyl sites for hydroxylation is 1. The van der Waals surface area contributed by atoms with Crippen molar-refractivity contribution in [2.75, 3.05) is 13.6 Å². The molecule has 146 valence electrons. The van der Waals surface area contributed by atoms with Crippen LogP contribution in [0.4, 0.5) is 0 Å². The molecule has 1 aromatic carbocycles. The first-order chi connectivity index (χ1) is 13.4. The zero-order valence-electron chi connectivity index (χ0n) is 16.0. The molecule has 0 radical (unpaired) electrons. The van der Waals surface area contributed by atoms with Crippen LogP contribution in [0, 0.1) is 5.92 Å². The highest BCUT2D eigenvalue weighted by Crippen LogP contribution is 2.34. The Labute approximate surface area is 169 Å². The third kappa shape index (κ3) is 3.69. The highest BCUT2D eigenvalue weighted by atomic mass is 35.5. The molecule has 2 heterocycles. The zero-order chi connectivity index (χ0) is 19.8. The van der Waals surface area contributed by atoms with E-state index in [9.17, 15) is 9.59 Å². The Morgan fingerprint density at radius 3 is 2.54 bits per heavy atom. The number of carbonyl (C=O) groups is 2. The minimum absolute atomic E-state index is 0.0311. The molecule has 0 spiro atoms. The average molecular weight is 399 g/mol. The van der Waals surface area contributed by atoms with Gasteiger partial charge >= 0.3 is 0 Å². The Morgan fingerprint density at radius 1 is 1.21 bits per heavy atom. The molecule has 28 heavy (non-hydrogen) atoms. The maximum absolute atomic E-state index is 13.0. The van der Waals surface area contributed by atoms with E-state index >= 15 is 0 Å². The van der Waals surface area contributed by atoms with E-state index in [1.165, 1.54) is 9.91 Å². The molecule has 1 saturated carbocycles. The van der Waals surface area contributed by atoms with Gasteiger partial charge in [0.1, 0.15) is 6.54 Å². The summed E-state index contributed by atoms with van der Waals surface area (Å²) in [5.41, 5.74) is 2.82. The van der Waals surface area contributed by atoms with Crippen molar-refractivity contribution in [1.82, 2.24) is 14.5 Å². The first-order valence-corrected chi connectivity index (χ1v) is 9.83. The van der Waals surface area contributed by atoms with Crippen molar-refractivity contribution in [3.8, 4) is 0 Å². The molecule has 1 fully saturated rings. The minimum atomic E-state index is -0.209. The van der Waals surface area contributed by atoms with Gasteiger partial charge in [-0.25, -0.2) is 5.01 Å². The van der Waals surface area contributed by atoms with Gasteiger partial charge in [-0.2, -0.15) is 5.10 Å². The Hall–Kier alpha value is -2.60.